The molecule has 1 atom stereocenters. The number of phenolic OH excluding ortho intramolecular Hbond substituents is 1. The molecule has 0 spiro atoms. The van der Waals surface area contributed by atoms with Crippen molar-refractivity contribution in [2.24, 2.45) is 0 Å². The average Bonchev–Trinajstić information content (AvgIpc) is 3.16. The number of ether oxygens (including phenoxy) is 1. The molecule has 1 amide bonds. The number of rotatable bonds is 8. The summed E-state index contributed by atoms with van der Waals surface area (Å²) in [6.07, 6.45) is 0. The van der Waals surface area contributed by atoms with Gasteiger partial charge in [0.1, 0.15) is 17.3 Å². The summed E-state index contributed by atoms with van der Waals surface area (Å²) in [5.41, 5.74) is 2.48. The number of aromatic hydroxyl groups is 1. The molecule has 7 nitrogen and oxygen atoms in total. The maximum absolute atomic E-state index is 13.3. The largest absolute Gasteiger partial charge is 0.508 e. The molecule has 1 unspecified atom stereocenters. The third-order valence-corrected chi connectivity index (χ3v) is 6.33. The number of anilines is 2. The molecule has 3 aromatic rings. The Morgan fingerprint density at radius 3 is 2.22 bits per heavy atom. The van der Waals surface area contributed by atoms with Crippen molar-refractivity contribution in [2.75, 3.05) is 29.5 Å². The van der Waals surface area contributed by atoms with Crippen molar-refractivity contribution in [2.45, 2.75) is 26.8 Å². The van der Waals surface area contributed by atoms with Crippen molar-refractivity contribution in [1.29, 1.82) is 0 Å². The van der Waals surface area contributed by atoms with Crippen LogP contribution >= 0.6 is 0 Å². The molecule has 2 N–H and O–H groups in total. The Morgan fingerprint density at radius 1 is 0.944 bits per heavy atom. The van der Waals surface area contributed by atoms with E-state index in [1.54, 1.807) is 36.4 Å². The maximum atomic E-state index is 13.3. The van der Waals surface area contributed by atoms with Gasteiger partial charge in [-0.2, -0.15) is 0 Å². The van der Waals surface area contributed by atoms with E-state index >= 15 is 0 Å². The van der Waals surface area contributed by atoms with E-state index in [9.17, 15) is 19.8 Å². The summed E-state index contributed by atoms with van der Waals surface area (Å²) in [6.45, 7) is 8.13. The zero-order valence-electron chi connectivity index (χ0n) is 20.6. The van der Waals surface area contributed by atoms with Crippen molar-refractivity contribution < 1.29 is 24.5 Å². The fourth-order valence-corrected chi connectivity index (χ4v) is 4.54. The van der Waals surface area contributed by atoms with Crippen LogP contribution in [0.2, 0.25) is 0 Å². The molecular weight excluding hydrogens is 456 g/mol. The molecule has 0 aromatic heterocycles. The molecule has 36 heavy (non-hydrogen) atoms. The first kappa shape index (κ1) is 24.9. The topological polar surface area (TPSA) is 90.3 Å². The molecule has 0 radical (unpaired) electrons. The van der Waals surface area contributed by atoms with Gasteiger partial charge in [0.05, 0.1) is 18.2 Å². The second kappa shape index (κ2) is 10.6. The van der Waals surface area contributed by atoms with Crippen LogP contribution in [0.4, 0.5) is 11.4 Å². The van der Waals surface area contributed by atoms with Crippen LogP contribution in [0.1, 0.15) is 37.9 Å². The van der Waals surface area contributed by atoms with E-state index in [0.717, 1.165) is 18.8 Å². The minimum absolute atomic E-state index is 0.0212. The summed E-state index contributed by atoms with van der Waals surface area (Å²) >= 11 is 0. The summed E-state index contributed by atoms with van der Waals surface area (Å²) in [6, 6.07) is 19.6. The van der Waals surface area contributed by atoms with Crippen molar-refractivity contribution in [3.8, 4) is 11.5 Å². The van der Waals surface area contributed by atoms with E-state index in [-0.39, 0.29) is 17.1 Å². The summed E-state index contributed by atoms with van der Waals surface area (Å²) in [4.78, 5) is 30.3. The fraction of sp³-hybridized carbons (Fsp3) is 0.241. The number of hydrogen-bond acceptors (Lipinski definition) is 6. The first-order valence-electron chi connectivity index (χ1n) is 12.1. The van der Waals surface area contributed by atoms with E-state index in [1.807, 2.05) is 31.2 Å². The van der Waals surface area contributed by atoms with Crippen LogP contribution in [-0.2, 0) is 9.59 Å². The number of aliphatic hydroxyl groups excluding tert-OH is 1. The molecule has 7 heteroatoms. The van der Waals surface area contributed by atoms with E-state index in [4.69, 9.17) is 4.74 Å². The zero-order chi connectivity index (χ0) is 25.8. The minimum atomic E-state index is -0.874. The number of benzene rings is 3. The number of amides is 1. The lowest BCUT2D eigenvalue weighted by molar-refractivity contribution is -0.132. The molecule has 0 saturated carbocycles. The highest BCUT2D eigenvalue weighted by molar-refractivity contribution is 6.51. The van der Waals surface area contributed by atoms with Crippen LogP contribution in [-0.4, -0.2) is 41.6 Å². The van der Waals surface area contributed by atoms with Gasteiger partial charge >= 0.3 is 0 Å². The lowest BCUT2D eigenvalue weighted by atomic mass is 9.95. The van der Waals surface area contributed by atoms with Crippen LogP contribution in [0, 0.1) is 0 Å². The fourth-order valence-electron chi connectivity index (χ4n) is 4.54. The maximum Gasteiger partial charge on any atom is 0.300 e. The van der Waals surface area contributed by atoms with Gasteiger partial charge in [-0.1, -0.05) is 24.3 Å². The number of carbonyl (C=O) groups excluding carboxylic acids is 2. The molecule has 0 bridgehead atoms. The summed E-state index contributed by atoms with van der Waals surface area (Å²) < 4.78 is 5.54. The number of ketones is 1. The van der Waals surface area contributed by atoms with Gasteiger partial charge in [-0.15, -0.1) is 0 Å². The third kappa shape index (κ3) is 4.64. The van der Waals surface area contributed by atoms with Gasteiger partial charge in [0, 0.05) is 30.0 Å². The lowest BCUT2D eigenvalue weighted by Crippen LogP contribution is -2.29. The average molecular weight is 487 g/mol. The molecule has 1 aliphatic rings. The van der Waals surface area contributed by atoms with Crippen molar-refractivity contribution in [3.05, 3.63) is 89.5 Å². The Labute approximate surface area is 210 Å². The minimum Gasteiger partial charge on any atom is -0.508 e. The molecule has 186 valence electrons. The summed E-state index contributed by atoms with van der Waals surface area (Å²) in [5.74, 6) is -1.19. The van der Waals surface area contributed by atoms with Crippen LogP contribution < -0.4 is 14.5 Å². The van der Waals surface area contributed by atoms with E-state index in [1.165, 1.54) is 17.0 Å². The van der Waals surface area contributed by atoms with Crippen molar-refractivity contribution in [3.63, 3.8) is 0 Å². The SMILES string of the molecule is CCOc1cccc(/C(O)=C2\C(=O)C(=O)N(c3ccc(N(CC)CC)cc3)C2c2ccc(O)cc2)c1. The number of Topliss-reactive ketones (excluding diaryl/α,β-unsaturated/α-hetero) is 1. The van der Waals surface area contributed by atoms with E-state index < -0.39 is 17.7 Å². The Balaban J connectivity index is 1.86. The smallest absolute Gasteiger partial charge is 0.300 e. The third-order valence-electron chi connectivity index (χ3n) is 6.33. The monoisotopic (exact) mass is 486 g/mol. The highest BCUT2D eigenvalue weighted by atomic mass is 16.5. The summed E-state index contributed by atoms with van der Waals surface area (Å²) in [5, 5.41) is 21.1. The van der Waals surface area contributed by atoms with Crippen molar-refractivity contribution in [1.82, 2.24) is 0 Å². The number of nitrogens with zero attached hydrogens (tertiary/aromatic N) is 2. The van der Waals surface area contributed by atoms with Crippen LogP contribution in [0.5, 0.6) is 11.5 Å². The van der Waals surface area contributed by atoms with Gasteiger partial charge < -0.3 is 19.8 Å². The number of phenols is 1. The molecule has 3 aromatic carbocycles. The molecule has 1 fully saturated rings. The first-order valence-corrected chi connectivity index (χ1v) is 12.1. The second-order valence-corrected chi connectivity index (χ2v) is 8.41. The van der Waals surface area contributed by atoms with Crippen LogP contribution in [0.25, 0.3) is 5.76 Å². The molecule has 1 saturated heterocycles. The Morgan fingerprint density at radius 2 is 1.61 bits per heavy atom. The Bertz CT molecular complexity index is 1280. The predicted molar refractivity (Wildman–Crippen MR) is 141 cm³/mol. The second-order valence-electron chi connectivity index (χ2n) is 8.41. The quantitative estimate of drug-likeness (QED) is 0.256. The number of carbonyl (C=O) groups is 2. The normalized spacial score (nSPS) is 16.9. The van der Waals surface area contributed by atoms with Crippen molar-refractivity contribution >= 4 is 28.8 Å². The predicted octanol–water partition coefficient (Wildman–Crippen LogP) is 5.26. The van der Waals surface area contributed by atoms with Gasteiger partial charge in [0.2, 0.25) is 0 Å². The van der Waals surface area contributed by atoms with Gasteiger partial charge in [-0.05, 0) is 74.9 Å². The van der Waals surface area contributed by atoms with E-state index in [2.05, 4.69) is 18.7 Å². The van der Waals surface area contributed by atoms with Gasteiger partial charge in [-0.25, -0.2) is 0 Å². The lowest BCUT2D eigenvalue weighted by Gasteiger charge is -2.27. The molecular formula is C29H30N2O5. The van der Waals surface area contributed by atoms with E-state index in [0.29, 0.717) is 29.2 Å². The molecule has 1 aliphatic heterocycles. The number of aliphatic hydroxyl groups is 1. The van der Waals surface area contributed by atoms with Gasteiger partial charge in [0.15, 0.2) is 0 Å². The molecule has 0 aliphatic carbocycles. The van der Waals surface area contributed by atoms with Gasteiger partial charge in [-0.3, -0.25) is 14.5 Å². The zero-order valence-corrected chi connectivity index (χ0v) is 20.6. The Hall–Kier alpha value is -4.26. The van der Waals surface area contributed by atoms with Crippen LogP contribution in [0.3, 0.4) is 0 Å². The first-order chi connectivity index (χ1) is 17.4. The van der Waals surface area contributed by atoms with Crippen LogP contribution in [0.15, 0.2) is 78.4 Å². The van der Waals surface area contributed by atoms with Gasteiger partial charge in [0.25, 0.3) is 11.7 Å². The molecule has 4 rings (SSSR count). The number of hydrogen-bond donors (Lipinski definition) is 2. The standard InChI is InChI=1S/C29H30N2O5/c1-4-30(5-2)21-12-14-22(15-13-21)31-26(19-10-16-23(32)17-11-19)25(28(34)29(31)35)27(33)20-8-7-9-24(18-20)36-6-3/h7-18,26,32-33H,4-6H2,1-3H3/b27-25+. The highest BCUT2D eigenvalue weighted by Crippen LogP contribution is 2.43. The highest BCUT2D eigenvalue weighted by Gasteiger charge is 2.47. The summed E-state index contributed by atoms with van der Waals surface area (Å²) in [7, 11) is 0. The Kier molecular flexibility index (Phi) is 7.29. The molecule has 1 heterocycles.